The van der Waals surface area contributed by atoms with Crippen molar-refractivity contribution in [1.29, 1.82) is 0 Å². The Bertz CT molecular complexity index is 2380. The largest absolute Gasteiger partial charge is 0.495 e. The number of rotatable bonds is 20. The molecule has 4 atom stereocenters. The van der Waals surface area contributed by atoms with Crippen molar-refractivity contribution in [1.82, 2.24) is 0 Å². The normalized spacial score (nSPS) is 20.4. The van der Waals surface area contributed by atoms with Gasteiger partial charge in [0.1, 0.15) is 11.5 Å². The van der Waals surface area contributed by atoms with Crippen molar-refractivity contribution >= 4 is 46.5 Å². The van der Waals surface area contributed by atoms with Crippen molar-refractivity contribution in [3.05, 3.63) is 107 Å². The number of aliphatic hydroxyl groups excluding tert-OH is 2. The number of nitrogens with zero attached hydrogens (tertiary/aromatic N) is 2. The summed E-state index contributed by atoms with van der Waals surface area (Å²) >= 11 is 0. The van der Waals surface area contributed by atoms with Crippen LogP contribution in [0.5, 0.6) is 11.5 Å². The zero-order chi connectivity index (χ0) is 53.5. The molecule has 3 aliphatic rings. The molecule has 2 aliphatic heterocycles. The molecule has 0 spiro atoms. The SMILES string of the molecule is COc1cc(C2C(O)C(c3cc(OC)c(N4CCCC4)cc3NC(=O)C(OC(=O)CC(C)CC(C)(C)C)c3ccccc3)C2O)c(NC(=O)C(OC(=O)CC(C)CC(C)(C)C)c2ccccc2)cc1N1CCCC1. The Morgan fingerprint density at radius 1 is 0.568 bits per heavy atom. The highest BCUT2D eigenvalue weighted by molar-refractivity contribution is 5.99. The third-order valence-corrected chi connectivity index (χ3v) is 14.4. The third-order valence-electron chi connectivity index (χ3n) is 14.4. The zero-order valence-electron chi connectivity index (χ0n) is 45.2. The van der Waals surface area contributed by atoms with E-state index in [9.17, 15) is 29.4 Å². The first-order valence-corrected chi connectivity index (χ1v) is 26.5. The molecule has 2 heterocycles. The van der Waals surface area contributed by atoms with Gasteiger partial charge in [-0.3, -0.25) is 19.2 Å². The number of hydrogen-bond acceptors (Lipinski definition) is 12. The van der Waals surface area contributed by atoms with Gasteiger partial charge in [-0.2, -0.15) is 0 Å². The van der Waals surface area contributed by atoms with Gasteiger partial charge in [-0.05, 0) is 96.6 Å². The number of hydrogen-bond donors (Lipinski definition) is 4. The summed E-state index contributed by atoms with van der Waals surface area (Å²) in [5, 5.41) is 31.3. The molecule has 14 heteroatoms. The molecule has 400 valence electrons. The maximum absolute atomic E-state index is 14.7. The Balaban J connectivity index is 1.24. The van der Waals surface area contributed by atoms with E-state index in [-0.39, 0.29) is 35.5 Å². The molecule has 1 aliphatic carbocycles. The molecule has 1 saturated carbocycles. The number of carbonyl (C=O) groups excluding carboxylic acids is 4. The first kappa shape index (κ1) is 55.6. The maximum atomic E-state index is 14.7. The molecule has 0 aromatic heterocycles. The predicted molar refractivity (Wildman–Crippen MR) is 290 cm³/mol. The summed E-state index contributed by atoms with van der Waals surface area (Å²) in [6.45, 7) is 19.8. The summed E-state index contributed by atoms with van der Waals surface area (Å²) in [5.74, 6) is -3.11. The number of carbonyl (C=O) groups is 4. The van der Waals surface area contributed by atoms with Gasteiger partial charge < -0.3 is 49.6 Å². The number of anilines is 4. The molecule has 14 nitrogen and oxygen atoms in total. The Morgan fingerprint density at radius 3 is 1.22 bits per heavy atom. The molecular weight excluding hydrogens is 937 g/mol. The predicted octanol–water partition coefficient (Wildman–Crippen LogP) is 10.9. The highest BCUT2D eigenvalue weighted by atomic mass is 16.6. The van der Waals surface area contributed by atoms with Crippen molar-refractivity contribution in [3.8, 4) is 11.5 Å². The van der Waals surface area contributed by atoms with Crippen LogP contribution in [0.2, 0.25) is 0 Å². The number of ether oxygens (including phenoxy) is 4. The number of methoxy groups -OCH3 is 2. The number of aliphatic hydroxyl groups is 2. The summed E-state index contributed by atoms with van der Waals surface area (Å²) in [5.41, 5.74) is 3.89. The third kappa shape index (κ3) is 13.8. The lowest BCUT2D eigenvalue weighted by atomic mass is 9.62. The van der Waals surface area contributed by atoms with Gasteiger partial charge >= 0.3 is 11.9 Å². The van der Waals surface area contributed by atoms with E-state index in [1.807, 2.05) is 38.1 Å². The van der Waals surface area contributed by atoms with Crippen molar-refractivity contribution in [2.24, 2.45) is 22.7 Å². The number of esters is 2. The Hall–Kier alpha value is -6.12. The van der Waals surface area contributed by atoms with Crippen LogP contribution in [0, 0.1) is 22.7 Å². The lowest BCUT2D eigenvalue weighted by Crippen LogP contribution is -2.52. The van der Waals surface area contributed by atoms with Crippen molar-refractivity contribution < 1.29 is 48.3 Å². The van der Waals surface area contributed by atoms with Gasteiger partial charge in [-0.25, -0.2) is 0 Å². The van der Waals surface area contributed by atoms with E-state index in [4.69, 9.17) is 18.9 Å². The van der Waals surface area contributed by atoms with Gasteiger partial charge in [0, 0.05) is 73.4 Å². The molecule has 0 radical (unpaired) electrons. The lowest BCUT2D eigenvalue weighted by molar-refractivity contribution is -0.156. The molecular formula is C60H80N4O10. The van der Waals surface area contributed by atoms with E-state index in [1.54, 1.807) is 74.9 Å². The molecule has 4 aromatic rings. The first-order valence-electron chi connectivity index (χ1n) is 26.5. The average Bonchev–Trinajstić information content (AvgIpc) is 4.09. The standard InChI is InChI=1S/C60H80N4O10/c1-37(35-59(3,4)5)29-49(65)73-55(39-21-13-11-14-22-39)57(69)61-43-33-45(63-25-17-18-26-63)47(71-9)31-41(43)51-53(67)52(54(51)68)42-32-48(72-10)46(64-27-19-20-28-64)34-44(42)62-58(70)56(40-23-15-12-16-24-40)74-50(66)30-38(2)36-60(6,7)8/h11-16,21-24,31-34,37-38,51-56,67-68H,17-20,25-30,35-36H2,1-10H3,(H,61,69)(H,62,70). The van der Waals surface area contributed by atoms with Gasteiger partial charge in [0.05, 0.1) is 37.8 Å². The molecule has 2 amide bonds. The minimum absolute atomic E-state index is 0.00550. The topological polar surface area (TPSA) is 176 Å². The van der Waals surface area contributed by atoms with Crippen LogP contribution in [-0.2, 0) is 28.7 Å². The molecule has 4 aromatic carbocycles. The highest BCUT2D eigenvalue weighted by Crippen LogP contribution is 2.55. The van der Waals surface area contributed by atoms with E-state index in [0.717, 1.165) is 76.1 Å². The molecule has 7 rings (SSSR count). The van der Waals surface area contributed by atoms with E-state index >= 15 is 0 Å². The lowest BCUT2D eigenvalue weighted by Gasteiger charge is -2.48. The highest BCUT2D eigenvalue weighted by Gasteiger charge is 2.53. The second-order valence-electron chi connectivity index (χ2n) is 23.3. The van der Waals surface area contributed by atoms with E-state index in [1.165, 1.54) is 0 Å². The minimum atomic E-state index is -1.31. The van der Waals surface area contributed by atoms with Crippen LogP contribution in [0.25, 0.3) is 0 Å². The van der Waals surface area contributed by atoms with E-state index in [2.05, 4.69) is 62.0 Å². The Labute approximate surface area is 438 Å². The van der Waals surface area contributed by atoms with Gasteiger partial charge in [-0.1, -0.05) is 116 Å². The fourth-order valence-electron chi connectivity index (χ4n) is 11.5. The Morgan fingerprint density at radius 2 is 0.905 bits per heavy atom. The number of amides is 2. The monoisotopic (exact) mass is 1020 g/mol. The van der Waals surface area contributed by atoms with Crippen LogP contribution in [0.4, 0.5) is 22.7 Å². The van der Waals surface area contributed by atoms with Gasteiger partial charge in [0.25, 0.3) is 11.8 Å². The van der Waals surface area contributed by atoms with Crippen molar-refractivity contribution in [2.75, 3.05) is 60.8 Å². The fourth-order valence-corrected chi connectivity index (χ4v) is 11.5. The smallest absolute Gasteiger partial charge is 0.307 e. The molecule has 4 N–H and O–H groups in total. The summed E-state index contributed by atoms with van der Waals surface area (Å²) in [6.07, 6.45) is 0.573. The molecule has 0 bridgehead atoms. The van der Waals surface area contributed by atoms with E-state index < -0.39 is 60.0 Å². The summed E-state index contributed by atoms with van der Waals surface area (Å²) in [6, 6.07) is 24.9. The fraction of sp³-hybridized carbons (Fsp3) is 0.533. The van der Waals surface area contributed by atoms with Crippen LogP contribution in [0.15, 0.2) is 84.9 Å². The first-order chi connectivity index (χ1) is 35.1. The quantitative estimate of drug-likeness (QED) is 0.0618. The van der Waals surface area contributed by atoms with Crippen LogP contribution < -0.4 is 29.9 Å². The summed E-state index contributed by atoms with van der Waals surface area (Å²) in [7, 11) is 3.13. The summed E-state index contributed by atoms with van der Waals surface area (Å²) in [4.78, 5) is 61.0. The average molecular weight is 1020 g/mol. The van der Waals surface area contributed by atoms with Crippen LogP contribution >= 0.6 is 0 Å². The van der Waals surface area contributed by atoms with Crippen LogP contribution in [-0.4, -0.2) is 86.6 Å². The van der Waals surface area contributed by atoms with Gasteiger partial charge in [-0.15, -0.1) is 0 Å². The van der Waals surface area contributed by atoms with Crippen molar-refractivity contribution in [2.45, 2.75) is 143 Å². The molecule has 2 saturated heterocycles. The number of nitrogens with one attached hydrogen (secondary N) is 2. The van der Waals surface area contributed by atoms with Gasteiger partial charge in [0.2, 0.25) is 12.2 Å². The second-order valence-corrected chi connectivity index (χ2v) is 23.3. The van der Waals surface area contributed by atoms with E-state index in [0.29, 0.717) is 45.1 Å². The maximum Gasteiger partial charge on any atom is 0.307 e. The number of benzene rings is 4. The van der Waals surface area contributed by atoms with Crippen LogP contribution in [0.3, 0.4) is 0 Å². The molecule has 74 heavy (non-hydrogen) atoms. The summed E-state index contributed by atoms with van der Waals surface area (Å²) < 4.78 is 24.1. The molecule has 4 unspecified atom stereocenters. The molecule has 3 fully saturated rings. The van der Waals surface area contributed by atoms with Crippen molar-refractivity contribution in [3.63, 3.8) is 0 Å². The minimum Gasteiger partial charge on any atom is -0.495 e. The Kier molecular flexibility index (Phi) is 18.1. The second kappa shape index (κ2) is 24.0. The van der Waals surface area contributed by atoms with Gasteiger partial charge in [0.15, 0.2) is 0 Å². The zero-order valence-corrected chi connectivity index (χ0v) is 45.2. The van der Waals surface area contributed by atoms with Crippen LogP contribution in [0.1, 0.15) is 153 Å².